The lowest BCUT2D eigenvalue weighted by Gasteiger charge is -2.10. The SMILES string of the molecule is O=C(Nc1cccc(Br)n1)[C@@H]1CCCN1. The van der Waals surface area contributed by atoms with Gasteiger partial charge in [-0.15, -0.1) is 0 Å². The van der Waals surface area contributed by atoms with Crippen LogP contribution in [0.5, 0.6) is 0 Å². The molecule has 80 valence electrons. The molecule has 2 N–H and O–H groups in total. The van der Waals surface area contributed by atoms with E-state index in [1.165, 1.54) is 0 Å². The van der Waals surface area contributed by atoms with Gasteiger partial charge in [-0.2, -0.15) is 0 Å². The zero-order valence-electron chi connectivity index (χ0n) is 8.16. The predicted molar refractivity (Wildman–Crippen MR) is 61.6 cm³/mol. The van der Waals surface area contributed by atoms with Crippen molar-refractivity contribution >= 4 is 27.7 Å². The number of anilines is 1. The van der Waals surface area contributed by atoms with Crippen LogP contribution in [0.25, 0.3) is 0 Å². The van der Waals surface area contributed by atoms with Gasteiger partial charge in [0.15, 0.2) is 0 Å². The molecule has 0 spiro atoms. The minimum atomic E-state index is -0.0641. The summed E-state index contributed by atoms with van der Waals surface area (Å²) in [5.41, 5.74) is 0. The van der Waals surface area contributed by atoms with Crippen LogP contribution in [-0.4, -0.2) is 23.5 Å². The zero-order chi connectivity index (χ0) is 10.7. The average Bonchev–Trinajstić information content (AvgIpc) is 2.70. The number of hydrogen-bond acceptors (Lipinski definition) is 3. The third-order valence-corrected chi connectivity index (χ3v) is 2.78. The second kappa shape index (κ2) is 4.72. The van der Waals surface area contributed by atoms with E-state index in [4.69, 9.17) is 0 Å². The van der Waals surface area contributed by atoms with E-state index in [1.807, 2.05) is 12.1 Å². The number of aromatic nitrogens is 1. The molecule has 1 aliphatic heterocycles. The summed E-state index contributed by atoms with van der Waals surface area (Å²) in [5, 5.41) is 5.92. The predicted octanol–water partition coefficient (Wildman–Crippen LogP) is 1.53. The van der Waals surface area contributed by atoms with Crippen LogP contribution in [0.15, 0.2) is 22.8 Å². The molecule has 1 atom stereocenters. The normalized spacial score (nSPS) is 20.2. The number of pyridine rings is 1. The highest BCUT2D eigenvalue weighted by Crippen LogP contribution is 2.12. The maximum absolute atomic E-state index is 11.7. The summed E-state index contributed by atoms with van der Waals surface area (Å²) in [6, 6.07) is 5.38. The lowest BCUT2D eigenvalue weighted by molar-refractivity contribution is -0.117. The van der Waals surface area contributed by atoms with E-state index >= 15 is 0 Å². The summed E-state index contributed by atoms with van der Waals surface area (Å²) < 4.78 is 0.722. The molecule has 1 aliphatic rings. The number of amides is 1. The molecule has 5 heteroatoms. The molecule has 15 heavy (non-hydrogen) atoms. The van der Waals surface area contributed by atoms with Crippen LogP contribution >= 0.6 is 15.9 Å². The molecule has 0 aliphatic carbocycles. The van der Waals surface area contributed by atoms with E-state index in [0.29, 0.717) is 5.82 Å². The fourth-order valence-electron chi connectivity index (χ4n) is 1.60. The van der Waals surface area contributed by atoms with E-state index in [2.05, 4.69) is 31.5 Å². The summed E-state index contributed by atoms with van der Waals surface area (Å²) in [7, 11) is 0. The van der Waals surface area contributed by atoms with Crippen LogP contribution in [-0.2, 0) is 4.79 Å². The molecular weight excluding hydrogens is 258 g/mol. The molecule has 0 bridgehead atoms. The van der Waals surface area contributed by atoms with Crippen LogP contribution in [0.1, 0.15) is 12.8 Å². The van der Waals surface area contributed by atoms with Crippen molar-refractivity contribution < 1.29 is 4.79 Å². The van der Waals surface area contributed by atoms with E-state index in [-0.39, 0.29) is 11.9 Å². The Bertz CT molecular complexity index is 363. The molecule has 1 aromatic rings. The van der Waals surface area contributed by atoms with Crippen LogP contribution in [0.3, 0.4) is 0 Å². The molecule has 0 aromatic carbocycles. The fourth-order valence-corrected chi connectivity index (χ4v) is 1.94. The van der Waals surface area contributed by atoms with Crippen molar-refractivity contribution in [2.24, 2.45) is 0 Å². The fraction of sp³-hybridized carbons (Fsp3) is 0.400. The molecule has 0 saturated carbocycles. The Kier molecular flexibility index (Phi) is 3.33. The maximum atomic E-state index is 11.7. The number of nitrogens with zero attached hydrogens (tertiary/aromatic N) is 1. The van der Waals surface area contributed by atoms with E-state index in [1.54, 1.807) is 6.07 Å². The summed E-state index contributed by atoms with van der Waals surface area (Å²) in [6.45, 7) is 0.921. The Morgan fingerprint density at radius 2 is 2.47 bits per heavy atom. The zero-order valence-corrected chi connectivity index (χ0v) is 9.75. The Hall–Kier alpha value is -0.940. The first-order chi connectivity index (χ1) is 7.25. The van der Waals surface area contributed by atoms with Gasteiger partial charge in [-0.3, -0.25) is 4.79 Å². The highest BCUT2D eigenvalue weighted by molar-refractivity contribution is 9.10. The van der Waals surface area contributed by atoms with Gasteiger partial charge in [0.2, 0.25) is 5.91 Å². The second-order valence-electron chi connectivity index (χ2n) is 3.48. The van der Waals surface area contributed by atoms with Gasteiger partial charge in [0, 0.05) is 0 Å². The number of halogens is 1. The van der Waals surface area contributed by atoms with Crippen molar-refractivity contribution in [3.8, 4) is 0 Å². The molecular formula is C10H12BrN3O. The Morgan fingerprint density at radius 1 is 1.60 bits per heavy atom. The first-order valence-corrected chi connectivity index (χ1v) is 5.72. The minimum Gasteiger partial charge on any atom is -0.309 e. The van der Waals surface area contributed by atoms with Crippen LogP contribution < -0.4 is 10.6 Å². The van der Waals surface area contributed by atoms with Crippen molar-refractivity contribution in [2.75, 3.05) is 11.9 Å². The van der Waals surface area contributed by atoms with Gasteiger partial charge < -0.3 is 10.6 Å². The van der Waals surface area contributed by atoms with Gasteiger partial charge in [-0.1, -0.05) is 6.07 Å². The minimum absolute atomic E-state index is 0.00176. The first kappa shape index (κ1) is 10.6. The van der Waals surface area contributed by atoms with Gasteiger partial charge in [0.05, 0.1) is 6.04 Å². The monoisotopic (exact) mass is 269 g/mol. The van der Waals surface area contributed by atoms with Gasteiger partial charge in [-0.05, 0) is 47.4 Å². The topological polar surface area (TPSA) is 54.0 Å². The summed E-state index contributed by atoms with van der Waals surface area (Å²) in [6.07, 6.45) is 1.96. The number of nitrogens with one attached hydrogen (secondary N) is 2. The first-order valence-electron chi connectivity index (χ1n) is 4.92. The Balaban J connectivity index is 1.99. The molecule has 1 aromatic heterocycles. The van der Waals surface area contributed by atoms with E-state index in [0.717, 1.165) is 24.0 Å². The largest absolute Gasteiger partial charge is 0.309 e. The molecule has 1 amide bonds. The molecule has 2 heterocycles. The molecule has 1 saturated heterocycles. The van der Waals surface area contributed by atoms with Crippen molar-refractivity contribution in [2.45, 2.75) is 18.9 Å². The standard InChI is InChI=1S/C10H12BrN3O/c11-8-4-1-5-9(13-8)14-10(15)7-3-2-6-12-7/h1,4-5,7,12H,2-3,6H2,(H,13,14,15)/t7-/m0/s1. The van der Waals surface area contributed by atoms with Crippen LogP contribution in [0, 0.1) is 0 Å². The number of carbonyl (C=O) groups is 1. The maximum Gasteiger partial charge on any atom is 0.242 e. The molecule has 4 nitrogen and oxygen atoms in total. The van der Waals surface area contributed by atoms with Crippen LogP contribution in [0.4, 0.5) is 5.82 Å². The number of rotatable bonds is 2. The van der Waals surface area contributed by atoms with Gasteiger partial charge >= 0.3 is 0 Å². The van der Waals surface area contributed by atoms with E-state index < -0.39 is 0 Å². The highest BCUT2D eigenvalue weighted by Gasteiger charge is 2.21. The number of carbonyl (C=O) groups excluding carboxylic acids is 1. The Morgan fingerprint density at radius 3 is 3.13 bits per heavy atom. The molecule has 0 radical (unpaired) electrons. The Labute approximate surface area is 96.6 Å². The number of hydrogen-bond donors (Lipinski definition) is 2. The molecule has 1 fully saturated rings. The lowest BCUT2D eigenvalue weighted by atomic mass is 10.2. The summed E-state index contributed by atoms with van der Waals surface area (Å²) in [4.78, 5) is 15.8. The van der Waals surface area contributed by atoms with Gasteiger partial charge in [-0.25, -0.2) is 4.98 Å². The second-order valence-corrected chi connectivity index (χ2v) is 4.30. The van der Waals surface area contributed by atoms with Crippen molar-refractivity contribution in [1.82, 2.24) is 10.3 Å². The van der Waals surface area contributed by atoms with Crippen LogP contribution in [0.2, 0.25) is 0 Å². The lowest BCUT2D eigenvalue weighted by Crippen LogP contribution is -2.35. The summed E-state index contributed by atoms with van der Waals surface area (Å²) >= 11 is 3.26. The van der Waals surface area contributed by atoms with Crippen molar-refractivity contribution in [1.29, 1.82) is 0 Å². The smallest absolute Gasteiger partial charge is 0.242 e. The quantitative estimate of drug-likeness (QED) is 0.801. The molecule has 2 rings (SSSR count). The van der Waals surface area contributed by atoms with Crippen molar-refractivity contribution in [3.05, 3.63) is 22.8 Å². The highest BCUT2D eigenvalue weighted by atomic mass is 79.9. The van der Waals surface area contributed by atoms with Gasteiger partial charge in [0.25, 0.3) is 0 Å². The third-order valence-electron chi connectivity index (χ3n) is 2.34. The molecule has 0 unspecified atom stereocenters. The average molecular weight is 270 g/mol. The van der Waals surface area contributed by atoms with E-state index in [9.17, 15) is 4.79 Å². The van der Waals surface area contributed by atoms with Crippen molar-refractivity contribution in [3.63, 3.8) is 0 Å². The third kappa shape index (κ3) is 2.76. The van der Waals surface area contributed by atoms with Gasteiger partial charge in [0.1, 0.15) is 10.4 Å². The summed E-state index contributed by atoms with van der Waals surface area (Å²) in [5.74, 6) is 0.584.